The molecule has 1 aromatic carbocycles. The number of aryl methyl sites for hydroxylation is 1. The molecule has 3 heterocycles. The molecule has 5 rings (SSSR count). The summed E-state index contributed by atoms with van der Waals surface area (Å²) in [5, 5.41) is 0.945. The molecule has 7 nitrogen and oxygen atoms in total. The van der Waals surface area contributed by atoms with Crippen LogP contribution in [0.1, 0.15) is 42.2 Å². The number of hydrogen-bond acceptors (Lipinski definition) is 6. The third-order valence-electron chi connectivity index (χ3n) is 6.90. The third kappa shape index (κ3) is 3.75. The van der Waals surface area contributed by atoms with Gasteiger partial charge in [0.1, 0.15) is 11.4 Å². The molecule has 2 bridgehead atoms. The minimum Gasteiger partial charge on any atom is -0.491 e. The SMILES string of the molecule is CCOC(=O)c1c(-c2cc3ccccc3nc2N2CC3CCC(C3)C2)[nH]c(C)c(OC)c1=O. The molecule has 1 saturated carbocycles. The van der Waals surface area contributed by atoms with E-state index in [4.69, 9.17) is 14.5 Å². The van der Waals surface area contributed by atoms with Crippen LogP contribution >= 0.6 is 0 Å². The number of esters is 1. The van der Waals surface area contributed by atoms with E-state index >= 15 is 0 Å². The van der Waals surface area contributed by atoms with Crippen LogP contribution in [0.2, 0.25) is 0 Å². The van der Waals surface area contributed by atoms with E-state index in [9.17, 15) is 9.59 Å². The van der Waals surface area contributed by atoms with E-state index < -0.39 is 11.4 Å². The Kier molecular flexibility index (Phi) is 5.56. The second-order valence-electron chi connectivity index (χ2n) is 9.09. The first kappa shape index (κ1) is 21.5. The number of carbonyl (C=O) groups is 1. The Hall–Kier alpha value is -3.35. The van der Waals surface area contributed by atoms with Gasteiger partial charge in [0, 0.05) is 24.0 Å². The number of hydrogen-bond donors (Lipinski definition) is 1. The lowest BCUT2D eigenvalue weighted by Crippen LogP contribution is -2.37. The Balaban J connectivity index is 1.77. The number of H-pyrrole nitrogens is 1. The molecule has 2 aliphatic rings. The van der Waals surface area contributed by atoms with Crippen LogP contribution in [0, 0.1) is 18.8 Å². The zero-order valence-electron chi connectivity index (χ0n) is 19.3. The molecular formula is C26H29N3O4. The molecule has 33 heavy (non-hydrogen) atoms. The summed E-state index contributed by atoms with van der Waals surface area (Å²) in [6.45, 7) is 5.54. The van der Waals surface area contributed by atoms with Gasteiger partial charge < -0.3 is 19.4 Å². The molecule has 1 saturated heterocycles. The molecule has 3 aromatic rings. The average molecular weight is 448 g/mol. The van der Waals surface area contributed by atoms with Crippen molar-refractivity contribution in [2.75, 3.05) is 31.7 Å². The van der Waals surface area contributed by atoms with Gasteiger partial charge in [0.2, 0.25) is 5.43 Å². The monoisotopic (exact) mass is 447 g/mol. The van der Waals surface area contributed by atoms with Gasteiger partial charge in [-0.25, -0.2) is 9.78 Å². The van der Waals surface area contributed by atoms with Gasteiger partial charge in [-0.2, -0.15) is 0 Å². The lowest BCUT2D eigenvalue weighted by Gasteiger charge is -2.34. The van der Waals surface area contributed by atoms with E-state index in [-0.39, 0.29) is 17.9 Å². The van der Waals surface area contributed by atoms with Gasteiger partial charge in [-0.3, -0.25) is 4.79 Å². The number of anilines is 1. The second-order valence-corrected chi connectivity index (χ2v) is 9.09. The molecule has 2 aromatic heterocycles. The predicted octanol–water partition coefficient (Wildman–Crippen LogP) is 4.32. The number of para-hydroxylation sites is 1. The fraction of sp³-hybridized carbons (Fsp3) is 0.423. The predicted molar refractivity (Wildman–Crippen MR) is 128 cm³/mol. The van der Waals surface area contributed by atoms with Gasteiger partial charge in [-0.05, 0) is 57.1 Å². The van der Waals surface area contributed by atoms with Crippen LogP contribution in [-0.2, 0) is 4.74 Å². The Labute approximate surface area is 192 Å². The van der Waals surface area contributed by atoms with Crippen LogP contribution in [0.4, 0.5) is 5.82 Å². The molecule has 0 amide bonds. The molecule has 2 fully saturated rings. The maximum absolute atomic E-state index is 13.3. The summed E-state index contributed by atoms with van der Waals surface area (Å²) in [5.74, 6) is 1.58. The van der Waals surface area contributed by atoms with Crippen molar-refractivity contribution in [1.82, 2.24) is 9.97 Å². The van der Waals surface area contributed by atoms with Crippen LogP contribution in [0.25, 0.3) is 22.2 Å². The lowest BCUT2D eigenvalue weighted by atomic mass is 9.97. The van der Waals surface area contributed by atoms with Crippen molar-refractivity contribution >= 4 is 22.7 Å². The number of piperidine rings is 1. The number of ether oxygens (including phenoxy) is 2. The molecule has 2 unspecified atom stereocenters. The van der Waals surface area contributed by atoms with Crippen molar-refractivity contribution in [3.63, 3.8) is 0 Å². The fourth-order valence-electron chi connectivity index (χ4n) is 5.46. The molecule has 1 aliphatic carbocycles. The number of nitrogens with one attached hydrogen (secondary N) is 1. The molecule has 0 radical (unpaired) electrons. The first-order valence-corrected chi connectivity index (χ1v) is 11.6. The van der Waals surface area contributed by atoms with Gasteiger partial charge in [0.25, 0.3) is 0 Å². The van der Waals surface area contributed by atoms with Crippen molar-refractivity contribution in [3.8, 4) is 17.0 Å². The highest BCUT2D eigenvalue weighted by molar-refractivity contribution is 6.00. The smallest absolute Gasteiger partial charge is 0.344 e. The maximum Gasteiger partial charge on any atom is 0.344 e. The number of carbonyl (C=O) groups excluding carboxylic acids is 1. The maximum atomic E-state index is 13.3. The van der Waals surface area contributed by atoms with Gasteiger partial charge in [-0.15, -0.1) is 0 Å². The number of nitrogens with zero attached hydrogens (tertiary/aromatic N) is 2. The molecule has 1 N–H and O–H groups in total. The number of fused-ring (bicyclic) bond motifs is 3. The summed E-state index contributed by atoms with van der Waals surface area (Å²) in [6, 6.07) is 9.95. The second kappa shape index (κ2) is 8.54. The van der Waals surface area contributed by atoms with E-state index in [1.54, 1.807) is 13.8 Å². The van der Waals surface area contributed by atoms with Crippen molar-refractivity contribution in [2.45, 2.75) is 33.1 Å². The topological polar surface area (TPSA) is 84.5 Å². The molecule has 172 valence electrons. The Morgan fingerprint density at radius 1 is 1.21 bits per heavy atom. The third-order valence-corrected chi connectivity index (χ3v) is 6.90. The minimum absolute atomic E-state index is 0.0439. The van der Waals surface area contributed by atoms with Gasteiger partial charge in [0.15, 0.2) is 5.75 Å². The van der Waals surface area contributed by atoms with Crippen LogP contribution in [0.3, 0.4) is 0 Å². The number of aromatic nitrogens is 2. The summed E-state index contributed by atoms with van der Waals surface area (Å²) in [5.41, 5.74) is 2.10. The number of pyridine rings is 2. The number of rotatable bonds is 5. The Morgan fingerprint density at radius 3 is 2.64 bits per heavy atom. The standard InChI is InChI=1S/C26H29N3O4/c1-4-33-26(31)21-22(27-15(2)24(32-3)23(21)30)19-12-18-7-5-6-8-20(18)28-25(19)29-13-16-9-10-17(11-16)14-29/h5-8,12,16-17H,4,9-11,13-14H2,1-3H3,(H,27,30). The van der Waals surface area contributed by atoms with Crippen LogP contribution in [0.15, 0.2) is 35.1 Å². The molecule has 1 aliphatic heterocycles. The Morgan fingerprint density at radius 2 is 1.94 bits per heavy atom. The first-order valence-electron chi connectivity index (χ1n) is 11.6. The van der Waals surface area contributed by atoms with Gasteiger partial charge in [0.05, 0.1) is 30.6 Å². The summed E-state index contributed by atoms with van der Waals surface area (Å²) < 4.78 is 10.6. The lowest BCUT2D eigenvalue weighted by molar-refractivity contribution is 0.0525. The first-order chi connectivity index (χ1) is 16.0. The van der Waals surface area contributed by atoms with Gasteiger partial charge >= 0.3 is 5.97 Å². The van der Waals surface area contributed by atoms with Crippen molar-refractivity contribution in [1.29, 1.82) is 0 Å². The van der Waals surface area contributed by atoms with E-state index in [0.29, 0.717) is 23.2 Å². The average Bonchev–Trinajstić information content (AvgIpc) is 3.15. The Bertz CT molecular complexity index is 1270. The minimum atomic E-state index is -0.662. The molecule has 7 heteroatoms. The van der Waals surface area contributed by atoms with Crippen LogP contribution in [-0.4, -0.2) is 42.7 Å². The summed E-state index contributed by atoms with van der Waals surface area (Å²) in [7, 11) is 1.43. The highest BCUT2D eigenvalue weighted by Crippen LogP contribution is 2.41. The largest absolute Gasteiger partial charge is 0.491 e. The van der Waals surface area contributed by atoms with Crippen LogP contribution < -0.4 is 15.1 Å². The fourth-order valence-corrected chi connectivity index (χ4v) is 5.46. The van der Waals surface area contributed by atoms with E-state index in [1.807, 2.05) is 30.3 Å². The van der Waals surface area contributed by atoms with Crippen molar-refractivity contribution in [3.05, 3.63) is 51.8 Å². The van der Waals surface area contributed by atoms with E-state index in [0.717, 1.165) is 35.4 Å². The zero-order chi connectivity index (χ0) is 23.1. The van der Waals surface area contributed by atoms with E-state index in [1.165, 1.54) is 26.4 Å². The van der Waals surface area contributed by atoms with Crippen LogP contribution in [0.5, 0.6) is 5.75 Å². The summed E-state index contributed by atoms with van der Waals surface area (Å²) >= 11 is 0. The summed E-state index contributed by atoms with van der Waals surface area (Å²) in [6.07, 6.45) is 3.76. The van der Waals surface area contributed by atoms with Crippen molar-refractivity contribution in [2.24, 2.45) is 11.8 Å². The number of benzene rings is 1. The van der Waals surface area contributed by atoms with Crippen molar-refractivity contribution < 1.29 is 14.3 Å². The summed E-state index contributed by atoms with van der Waals surface area (Å²) in [4.78, 5) is 36.9. The molecule has 0 spiro atoms. The quantitative estimate of drug-likeness (QED) is 0.587. The molecule has 2 atom stereocenters. The number of aromatic amines is 1. The van der Waals surface area contributed by atoms with Gasteiger partial charge in [-0.1, -0.05) is 18.2 Å². The molecular weight excluding hydrogens is 418 g/mol. The zero-order valence-corrected chi connectivity index (χ0v) is 19.3. The van der Waals surface area contributed by atoms with E-state index in [2.05, 4.69) is 9.88 Å². The number of methoxy groups -OCH3 is 1. The highest BCUT2D eigenvalue weighted by atomic mass is 16.5. The normalized spacial score (nSPS) is 19.7. The highest BCUT2D eigenvalue weighted by Gasteiger charge is 2.35.